The van der Waals surface area contributed by atoms with Crippen LogP contribution in [0.25, 0.3) is 0 Å². The third kappa shape index (κ3) is 4.25. The summed E-state index contributed by atoms with van der Waals surface area (Å²) < 4.78 is 0. The maximum Gasteiger partial charge on any atom is 0.00965 e. The molecule has 0 atom stereocenters. The van der Waals surface area contributed by atoms with Gasteiger partial charge in [-0.25, -0.2) is 0 Å². The Balaban J connectivity index is 2.20. The molecular weight excluding hydrogens is 190 g/mol. The maximum absolute atomic E-state index is 3.51. The molecule has 1 aromatic heterocycles. The van der Waals surface area contributed by atoms with E-state index in [4.69, 9.17) is 0 Å². The second kappa shape index (κ2) is 4.94. The van der Waals surface area contributed by atoms with Gasteiger partial charge in [-0.05, 0) is 64.1 Å². The number of aryl methyl sites for hydroxylation is 2. The van der Waals surface area contributed by atoms with Crippen molar-refractivity contribution in [1.82, 2.24) is 5.32 Å². The van der Waals surface area contributed by atoms with E-state index in [1.165, 1.54) is 23.3 Å². The van der Waals surface area contributed by atoms with Crippen LogP contribution in [0.5, 0.6) is 0 Å². The highest BCUT2D eigenvalue weighted by molar-refractivity contribution is 7.10. The van der Waals surface area contributed by atoms with Crippen LogP contribution in [0.15, 0.2) is 11.4 Å². The van der Waals surface area contributed by atoms with Crippen molar-refractivity contribution in [2.75, 3.05) is 6.54 Å². The average molecular weight is 211 g/mol. The molecule has 0 aromatic carbocycles. The van der Waals surface area contributed by atoms with E-state index in [-0.39, 0.29) is 5.54 Å². The second-order valence-electron chi connectivity index (χ2n) is 4.78. The molecule has 0 radical (unpaired) electrons. The molecule has 0 fully saturated rings. The molecule has 2 heteroatoms. The van der Waals surface area contributed by atoms with Crippen LogP contribution in [0.3, 0.4) is 0 Å². The third-order valence-corrected chi connectivity index (χ3v) is 3.13. The van der Waals surface area contributed by atoms with E-state index in [1.807, 2.05) is 11.3 Å². The summed E-state index contributed by atoms with van der Waals surface area (Å²) in [5, 5.41) is 5.69. The zero-order valence-corrected chi connectivity index (χ0v) is 10.5. The predicted molar refractivity (Wildman–Crippen MR) is 65.1 cm³/mol. The summed E-state index contributed by atoms with van der Waals surface area (Å²) in [5.74, 6) is 0. The van der Waals surface area contributed by atoms with Gasteiger partial charge in [0.25, 0.3) is 0 Å². The minimum atomic E-state index is 0.254. The van der Waals surface area contributed by atoms with Crippen molar-refractivity contribution in [3.63, 3.8) is 0 Å². The Hall–Kier alpha value is -0.340. The largest absolute Gasteiger partial charge is 0.312 e. The van der Waals surface area contributed by atoms with Crippen molar-refractivity contribution in [2.24, 2.45) is 0 Å². The fourth-order valence-electron chi connectivity index (χ4n) is 1.41. The Bertz CT molecular complexity index is 270. The molecule has 0 unspecified atom stereocenters. The summed E-state index contributed by atoms with van der Waals surface area (Å²) in [6.45, 7) is 9.95. The first-order valence-corrected chi connectivity index (χ1v) is 6.15. The van der Waals surface area contributed by atoms with Gasteiger partial charge in [0.2, 0.25) is 0 Å². The first-order chi connectivity index (χ1) is 6.49. The normalized spacial score (nSPS) is 12.0. The molecule has 0 bridgehead atoms. The molecule has 0 aliphatic carbocycles. The Morgan fingerprint density at radius 2 is 2.07 bits per heavy atom. The van der Waals surface area contributed by atoms with Crippen molar-refractivity contribution in [3.05, 3.63) is 21.9 Å². The van der Waals surface area contributed by atoms with Gasteiger partial charge in [0, 0.05) is 10.4 Å². The van der Waals surface area contributed by atoms with E-state index in [1.54, 1.807) is 0 Å². The van der Waals surface area contributed by atoms with Gasteiger partial charge in [-0.2, -0.15) is 0 Å². The molecule has 1 aromatic rings. The van der Waals surface area contributed by atoms with Gasteiger partial charge in [0.15, 0.2) is 0 Å². The molecule has 0 aliphatic rings. The summed E-state index contributed by atoms with van der Waals surface area (Å²) in [5.41, 5.74) is 1.77. The van der Waals surface area contributed by atoms with Gasteiger partial charge >= 0.3 is 0 Å². The van der Waals surface area contributed by atoms with E-state index in [0.717, 1.165) is 6.54 Å². The van der Waals surface area contributed by atoms with Gasteiger partial charge in [-0.1, -0.05) is 0 Å². The predicted octanol–water partition coefficient (Wildman–Crippen LogP) is 3.38. The smallest absolute Gasteiger partial charge is 0.00965 e. The Labute approximate surface area is 91.5 Å². The number of hydrogen-bond donors (Lipinski definition) is 1. The average Bonchev–Trinajstić information content (AvgIpc) is 2.44. The van der Waals surface area contributed by atoms with Crippen molar-refractivity contribution in [2.45, 2.75) is 46.1 Å². The molecule has 14 heavy (non-hydrogen) atoms. The summed E-state index contributed by atoms with van der Waals surface area (Å²) >= 11 is 1.85. The minimum Gasteiger partial charge on any atom is -0.312 e. The van der Waals surface area contributed by atoms with Gasteiger partial charge < -0.3 is 5.32 Å². The first kappa shape index (κ1) is 11.7. The Kier molecular flexibility index (Phi) is 4.14. The summed E-state index contributed by atoms with van der Waals surface area (Å²) in [4.78, 5) is 1.47. The lowest BCUT2D eigenvalue weighted by molar-refractivity contribution is 0.422. The molecule has 0 spiro atoms. The van der Waals surface area contributed by atoms with Gasteiger partial charge in [-0.15, -0.1) is 11.3 Å². The highest BCUT2D eigenvalue weighted by atomic mass is 32.1. The zero-order chi connectivity index (χ0) is 10.6. The van der Waals surface area contributed by atoms with Crippen molar-refractivity contribution < 1.29 is 0 Å². The zero-order valence-electron chi connectivity index (χ0n) is 9.68. The molecule has 1 heterocycles. The molecule has 1 rings (SSSR count). The van der Waals surface area contributed by atoms with Crippen molar-refractivity contribution >= 4 is 11.3 Å². The van der Waals surface area contributed by atoms with Gasteiger partial charge in [0.05, 0.1) is 0 Å². The SMILES string of the molecule is Cc1sccc1CCCNC(C)(C)C. The summed E-state index contributed by atoms with van der Waals surface area (Å²) in [7, 11) is 0. The monoisotopic (exact) mass is 211 g/mol. The van der Waals surface area contributed by atoms with E-state index in [0.29, 0.717) is 0 Å². The fourth-order valence-corrected chi connectivity index (χ4v) is 2.17. The van der Waals surface area contributed by atoms with Crippen molar-refractivity contribution in [1.29, 1.82) is 0 Å². The summed E-state index contributed by atoms with van der Waals surface area (Å²) in [6.07, 6.45) is 2.44. The van der Waals surface area contributed by atoms with Crippen molar-refractivity contribution in [3.8, 4) is 0 Å². The first-order valence-electron chi connectivity index (χ1n) is 5.27. The fraction of sp³-hybridized carbons (Fsp3) is 0.667. The number of thiophene rings is 1. The number of rotatable bonds is 4. The van der Waals surface area contributed by atoms with Crippen LogP contribution in [0, 0.1) is 6.92 Å². The molecule has 80 valence electrons. The van der Waals surface area contributed by atoms with Crippen LogP contribution in [-0.4, -0.2) is 12.1 Å². The highest BCUT2D eigenvalue weighted by Crippen LogP contribution is 2.16. The van der Waals surface area contributed by atoms with Crippen LogP contribution in [0.1, 0.15) is 37.6 Å². The van der Waals surface area contributed by atoms with Crippen LogP contribution in [0.2, 0.25) is 0 Å². The standard InChI is InChI=1S/C12H21NS/c1-10-11(7-9-14-10)6-5-8-13-12(2,3)4/h7,9,13H,5-6,8H2,1-4H3. The topological polar surface area (TPSA) is 12.0 Å². The second-order valence-corrected chi connectivity index (χ2v) is 5.90. The quantitative estimate of drug-likeness (QED) is 0.753. The summed E-state index contributed by atoms with van der Waals surface area (Å²) in [6, 6.07) is 2.25. The molecule has 0 amide bonds. The number of hydrogen-bond acceptors (Lipinski definition) is 2. The minimum absolute atomic E-state index is 0.254. The van der Waals surface area contributed by atoms with Gasteiger partial charge in [-0.3, -0.25) is 0 Å². The van der Waals surface area contributed by atoms with Gasteiger partial charge in [0.1, 0.15) is 0 Å². The lowest BCUT2D eigenvalue weighted by atomic mass is 10.1. The Morgan fingerprint density at radius 3 is 2.57 bits per heavy atom. The van der Waals surface area contributed by atoms with E-state index >= 15 is 0 Å². The van der Waals surface area contributed by atoms with E-state index in [2.05, 4.69) is 44.5 Å². The van der Waals surface area contributed by atoms with Crippen LogP contribution < -0.4 is 5.32 Å². The van der Waals surface area contributed by atoms with E-state index in [9.17, 15) is 0 Å². The Morgan fingerprint density at radius 1 is 1.36 bits per heavy atom. The maximum atomic E-state index is 3.51. The molecule has 0 saturated carbocycles. The molecule has 1 nitrogen and oxygen atoms in total. The lowest BCUT2D eigenvalue weighted by Crippen LogP contribution is -2.36. The molecule has 0 aliphatic heterocycles. The molecular formula is C12H21NS. The van der Waals surface area contributed by atoms with E-state index < -0.39 is 0 Å². The van der Waals surface area contributed by atoms with Crippen LogP contribution in [-0.2, 0) is 6.42 Å². The molecule has 0 saturated heterocycles. The highest BCUT2D eigenvalue weighted by Gasteiger charge is 2.07. The van der Waals surface area contributed by atoms with Crippen LogP contribution in [0.4, 0.5) is 0 Å². The number of nitrogens with one attached hydrogen (secondary N) is 1. The third-order valence-electron chi connectivity index (χ3n) is 2.24. The van der Waals surface area contributed by atoms with Crippen LogP contribution >= 0.6 is 11.3 Å². The molecule has 1 N–H and O–H groups in total. The lowest BCUT2D eigenvalue weighted by Gasteiger charge is -2.20.